The molecule has 6 heteroatoms. The van der Waals surface area contributed by atoms with Gasteiger partial charge in [-0.15, -0.1) is 11.3 Å². The highest BCUT2D eigenvalue weighted by Gasteiger charge is 2.25. The van der Waals surface area contributed by atoms with E-state index in [1.54, 1.807) is 23.5 Å². The van der Waals surface area contributed by atoms with Crippen LogP contribution in [0.5, 0.6) is 0 Å². The third kappa shape index (κ3) is 3.74. The molecule has 0 saturated heterocycles. The highest BCUT2D eigenvalue weighted by molar-refractivity contribution is 7.90. The Morgan fingerprint density at radius 3 is 2.59 bits per heavy atom. The zero-order valence-corrected chi connectivity index (χ0v) is 14.4. The van der Waals surface area contributed by atoms with Crippen LogP contribution in [0.2, 0.25) is 0 Å². The van der Waals surface area contributed by atoms with E-state index in [-0.39, 0.29) is 6.04 Å². The maximum atomic E-state index is 11.5. The lowest BCUT2D eigenvalue weighted by Crippen LogP contribution is -2.18. The molecule has 1 unspecified atom stereocenters. The molecule has 0 spiro atoms. The fourth-order valence-electron chi connectivity index (χ4n) is 2.33. The van der Waals surface area contributed by atoms with E-state index in [0.29, 0.717) is 10.8 Å². The predicted molar refractivity (Wildman–Crippen MR) is 88.9 cm³/mol. The van der Waals surface area contributed by atoms with E-state index >= 15 is 0 Å². The summed E-state index contributed by atoms with van der Waals surface area (Å²) in [5.41, 5.74) is 2.32. The van der Waals surface area contributed by atoms with Gasteiger partial charge in [0.15, 0.2) is 9.84 Å². The van der Waals surface area contributed by atoms with Crippen LogP contribution in [0.15, 0.2) is 34.5 Å². The average Bonchev–Trinajstić information content (AvgIpc) is 3.23. The monoisotopic (exact) mass is 336 g/mol. The van der Waals surface area contributed by atoms with Crippen LogP contribution in [-0.4, -0.2) is 19.7 Å². The van der Waals surface area contributed by atoms with Gasteiger partial charge in [0.05, 0.1) is 10.6 Å². The fourth-order valence-corrected chi connectivity index (χ4v) is 3.79. The Kier molecular flexibility index (Phi) is 4.34. The molecule has 0 radical (unpaired) electrons. The summed E-state index contributed by atoms with van der Waals surface area (Å²) < 4.78 is 22.9. The van der Waals surface area contributed by atoms with Gasteiger partial charge in [-0.25, -0.2) is 13.4 Å². The van der Waals surface area contributed by atoms with E-state index < -0.39 is 9.84 Å². The molecule has 3 rings (SSSR count). The molecular formula is C16H20N2O2S2. The number of sulfone groups is 1. The number of thiazole rings is 1. The van der Waals surface area contributed by atoms with Gasteiger partial charge in [-0.2, -0.15) is 0 Å². The van der Waals surface area contributed by atoms with Crippen LogP contribution in [0, 0.1) is 0 Å². The first kappa shape index (κ1) is 15.6. The Balaban J connectivity index is 1.59. The van der Waals surface area contributed by atoms with Crippen LogP contribution < -0.4 is 5.32 Å². The van der Waals surface area contributed by atoms with Gasteiger partial charge >= 0.3 is 0 Å². The number of nitrogens with one attached hydrogen (secondary N) is 1. The summed E-state index contributed by atoms with van der Waals surface area (Å²) in [5.74, 6) is 0.700. The van der Waals surface area contributed by atoms with Crippen molar-refractivity contribution < 1.29 is 8.42 Å². The van der Waals surface area contributed by atoms with E-state index in [9.17, 15) is 8.42 Å². The summed E-state index contributed by atoms with van der Waals surface area (Å²) >= 11 is 1.71. The summed E-state index contributed by atoms with van der Waals surface area (Å²) in [6.07, 6.45) is 3.78. The topological polar surface area (TPSA) is 59.1 Å². The van der Waals surface area contributed by atoms with Gasteiger partial charge in [-0.05, 0) is 37.5 Å². The number of benzene rings is 1. The fraction of sp³-hybridized carbons (Fsp3) is 0.438. The smallest absolute Gasteiger partial charge is 0.175 e. The number of rotatable bonds is 6. The molecule has 1 saturated carbocycles. The van der Waals surface area contributed by atoms with Gasteiger partial charge < -0.3 is 5.32 Å². The van der Waals surface area contributed by atoms with Crippen LogP contribution in [0.4, 0.5) is 0 Å². The van der Waals surface area contributed by atoms with Crippen LogP contribution >= 0.6 is 11.3 Å². The van der Waals surface area contributed by atoms with E-state index in [0.717, 1.165) is 17.1 Å². The van der Waals surface area contributed by atoms with Crippen LogP contribution in [0.1, 0.15) is 48.0 Å². The molecule has 0 bridgehead atoms. The second-order valence-electron chi connectivity index (χ2n) is 5.88. The molecule has 0 aliphatic heterocycles. The van der Waals surface area contributed by atoms with Gasteiger partial charge in [0.1, 0.15) is 5.01 Å². The molecule has 1 aliphatic carbocycles. The zero-order chi connectivity index (χ0) is 15.7. The van der Waals surface area contributed by atoms with E-state index in [4.69, 9.17) is 0 Å². The van der Waals surface area contributed by atoms with Gasteiger partial charge in [0.2, 0.25) is 0 Å². The second kappa shape index (κ2) is 6.10. The van der Waals surface area contributed by atoms with Gasteiger partial charge in [-0.3, -0.25) is 0 Å². The van der Waals surface area contributed by atoms with Crippen molar-refractivity contribution in [2.45, 2.75) is 43.2 Å². The van der Waals surface area contributed by atoms with Crippen molar-refractivity contribution in [3.63, 3.8) is 0 Å². The molecule has 4 nitrogen and oxygen atoms in total. The van der Waals surface area contributed by atoms with Gasteiger partial charge in [0, 0.05) is 30.1 Å². The third-order valence-corrected chi connectivity index (χ3v) is 5.93. The Hall–Kier alpha value is -1.24. The van der Waals surface area contributed by atoms with Gasteiger partial charge in [-0.1, -0.05) is 12.1 Å². The van der Waals surface area contributed by atoms with Crippen LogP contribution in [-0.2, 0) is 16.4 Å². The van der Waals surface area contributed by atoms with E-state index in [1.165, 1.54) is 24.8 Å². The maximum absolute atomic E-state index is 11.5. The first-order valence-corrected chi connectivity index (χ1v) is 10.2. The van der Waals surface area contributed by atoms with Crippen molar-refractivity contribution in [2.24, 2.45) is 0 Å². The van der Waals surface area contributed by atoms with Crippen LogP contribution in [0.3, 0.4) is 0 Å². The van der Waals surface area contributed by atoms with Crippen molar-refractivity contribution in [1.82, 2.24) is 10.3 Å². The molecule has 1 N–H and O–H groups in total. The second-order valence-corrected chi connectivity index (χ2v) is 8.84. The number of nitrogens with zero attached hydrogens (tertiary/aromatic N) is 1. The van der Waals surface area contributed by atoms with Crippen LogP contribution in [0.25, 0.3) is 0 Å². The van der Waals surface area contributed by atoms with Gasteiger partial charge in [0.25, 0.3) is 0 Å². The molecule has 2 aromatic rings. The molecule has 22 heavy (non-hydrogen) atoms. The lowest BCUT2D eigenvalue weighted by Gasteiger charge is -2.13. The number of hydrogen-bond acceptors (Lipinski definition) is 5. The summed E-state index contributed by atoms with van der Waals surface area (Å²) in [6, 6.07) is 7.22. The molecule has 1 aliphatic rings. The molecule has 0 amide bonds. The first-order chi connectivity index (χ1) is 10.4. The Labute approximate surface area is 135 Å². The minimum atomic E-state index is -3.13. The summed E-state index contributed by atoms with van der Waals surface area (Å²) in [7, 11) is -3.13. The minimum absolute atomic E-state index is 0.155. The molecule has 1 aromatic heterocycles. The third-order valence-electron chi connectivity index (χ3n) is 3.93. The van der Waals surface area contributed by atoms with Crippen molar-refractivity contribution in [2.75, 3.05) is 6.26 Å². The highest BCUT2D eigenvalue weighted by Crippen LogP contribution is 2.40. The predicted octanol–water partition coefficient (Wildman–Crippen LogP) is 3.27. The van der Waals surface area contributed by atoms with Crippen molar-refractivity contribution >= 4 is 21.2 Å². The molecule has 1 aromatic carbocycles. The van der Waals surface area contributed by atoms with E-state index in [1.807, 2.05) is 12.1 Å². The normalized spacial score (nSPS) is 16.6. The quantitative estimate of drug-likeness (QED) is 0.879. The Morgan fingerprint density at radius 2 is 2.00 bits per heavy atom. The average molecular weight is 336 g/mol. The summed E-state index contributed by atoms with van der Waals surface area (Å²) in [5, 5.41) is 6.72. The SMILES string of the molecule is CC(NCc1nc(C2CC2)cs1)c1ccc(S(C)(=O)=O)cc1. The molecule has 1 atom stereocenters. The van der Waals surface area contributed by atoms with Crippen molar-refractivity contribution in [1.29, 1.82) is 0 Å². The molecule has 1 heterocycles. The lowest BCUT2D eigenvalue weighted by atomic mass is 10.1. The number of hydrogen-bond donors (Lipinski definition) is 1. The molecule has 1 fully saturated rings. The largest absolute Gasteiger partial charge is 0.304 e. The number of aromatic nitrogens is 1. The summed E-state index contributed by atoms with van der Waals surface area (Å²) in [4.78, 5) is 5.02. The van der Waals surface area contributed by atoms with Crippen molar-refractivity contribution in [3.8, 4) is 0 Å². The molecule has 118 valence electrons. The molecular weight excluding hydrogens is 316 g/mol. The van der Waals surface area contributed by atoms with Crippen molar-refractivity contribution in [3.05, 3.63) is 45.9 Å². The Bertz CT molecular complexity index is 747. The maximum Gasteiger partial charge on any atom is 0.175 e. The zero-order valence-electron chi connectivity index (χ0n) is 12.7. The lowest BCUT2D eigenvalue weighted by molar-refractivity contribution is 0.571. The Morgan fingerprint density at radius 1 is 1.32 bits per heavy atom. The minimum Gasteiger partial charge on any atom is -0.304 e. The summed E-state index contributed by atoms with van der Waals surface area (Å²) in [6.45, 7) is 2.82. The standard InChI is InChI=1S/C16H20N2O2S2/c1-11(12-5-7-14(8-6-12)22(2,19)20)17-9-16-18-15(10-21-16)13-3-4-13/h5-8,10-11,13,17H,3-4,9H2,1-2H3. The highest BCUT2D eigenvalue weighted by atomic mass is 32.2. The van der Waals surface area contributed by atoms with E-state index in [2.05, 4.69) is 22.6 Å². The first-order valence-electron chi connectivity index (χ1n) is 7.41.